The molecule has 0 spiro atoms. The monoisotopic (exact) mass is 344 g/mol. The lowest BCUT2D eigenvalue weighted by atomic mass is 10.1. The molecule has 25 heavy (non-hydrogen) atoms. The average Bonchev–Trinajstić information content (AvgIpc) is 2.57. The Bertz CT molecular complexity index is 866. The third kappa shape index (κ3) is 4.31. The number of anilines is 1. The highest BCUT2D eigenvalue weighted by Gasteiger charge is 2.22. The first-order valence-electron chi connectivity index (χ1n) is 8.16. The molecule has 1 saturated heterocycles. The fourth-order valence-corrected chi connectivity index (χ4v) is 2.86. The quantitative estimate of drug-likeness (QED) is 0.767. The van der Waals surface area contributed by atoms with E-state index in [1.807, 2.05) is 4.90 Å². The third-order valence-corrected chi connectivity index (χ3v) is 4.10. The normalized spacial score (nSPS) is 15.2. The zero-order chi connectivity index (χ0) is 17.8. The van der Waals surface area contributed by atoms with Crippen molar-refractivity contribution in [3.8, 4) is 0 Å². The van der Waals surface area contributed by atoms with Crippen LogP contribution in [-0.2, 0) is 11.3 Å². The predicted octanol–water partition coefficient (Wildman–Crippen LogP) is -0.580. The van der Waals surface area contributed by atoms with Crippen molar-refractivity contribution in [2.75, 3.05) is 18.0 Å². The van der Waals surface area contributed by atoms with Gasteiger partial charge >= 0.3 is 0 Å². The zero-order valence-electron chi connectivity index (χ0n) is 13.9. The Morgan fingerprint density at radius 2 is 2.12 bits per heavy atom. The van der Waals surface area contributed by atoms with Gasteiger partial charge in [0.05, 0.1) is 0 Å². The Morgan fingerprint density at radius 1 is 1.36 bits per heavy atom. The molecule has 0 aliphatic carbocycles. The number of H-pyrrole nitrogens is 1. The smallest absolute Gasteiger partial charge is 0.267 e. The van der Waals surface area contributed by atoms with Crippen LogP contribution in [0.25, 0.3) is 0 Å². The summed E-state index contributed by atoms with van der Waals surface area (Å²) in [6.45, 7) is 3.06. The van der Waals surface area contributed by atoms with Crippen molar-refractivity contribution in [1.82, 2.24) is 25.1 Å². The number of hydrogen-bond donors (Lipinski definition) is 2. The Morgan fingerprint density at radius 3 is 2.80 bits per heavy atom. The van der Waals surface area contributed by atoms with Gasteiger partial charge in [-0.05, 0) is 25.8 Å². The molecule has 3 heterocycles. The zero-order valence-corrected chi connectivity index (χ0v) is 13.9. The fourth-order valence-electron chi connectivity index (χ4n) is 2.86. The summed E-state index contributed by atoms with van der Waals surface area (Å²) in [7, 11) is 0. The summed E-state index contributed by atoms with van der Waals surface area (Å²) in [5.74, 6) is 0.330. The molecule has 2 N–H and O–H groups in total. The minimum Gasteiger partial charge on any atom is -0.352 e. The van der Waals surface area contributed by atoms with Crippen molar-refractivity contribution in [1.29, 1.82) is 0 Å². The molecule has 1 aliphatic heterocycles. The summed E-state index contributed by atoms with van der Waals surface area (Å²) < 4.78 is 1.13. The second kappa shape index (κ2) is 7.29. The molecule has 2 aromatic rings. The number of aryl methyl sites for hydroxylation is 1. The van der Waals surface area contributed by atoms with Gasteiger partial charge in [0.15, 0.2) is 0 Å². The molecule has 0 bridgehead atoms. The van der Waals surface area contributed by atoms with Crippen LogP contribution in [0.2, 0.25) is 0 Å². The molecule has 0 radical (unpaired) electrons. The Labute approximate surface area is 143 Å². The van der Waals surface area contributed by atoms with Crippen molar-refractivity contribution in [3.63, 3.8) is 0 Å². The van der Waals surface area contributed by atoms with Crippen molar-refractivity contribution >= 4 is 11.9 Å². The number of aromatic amines is 1. The van der Waals surface area contributed by atoms with Gasteiger partial charge < -0.3 is 10.2 Å². The molecule has 0 atom stereocenters. The van der Waals surface area contributed by atoms with E-state index in [0.717, 1.165) is 17.5 Å². The van der Waals surface area contributed by atoms with Crippen LogP contribution in [-0.4, -0.2) is 44.8 Å². The van der Waals surface area contributed by atoms with E-state index in [1.54, 1.807) is 6.92 Å². The average molecular weight is 344 g/mol. The third-order valence-electron chi connectivity index (χ3n) is 4.10. The maximum absolute atomic E-state index is 12.1. The van der Waals surface area contributed by atoms with Crippen LogP contribution >= 0.6 is 0 Å². The second-order valence-corrected chi connectivity index (χ2v) is 6.06. The molecule has 1 aliphatic rings. The van der Waals surface area contributed by atoms with Crippen molar-refractivity contribution in [2.45, 2.75) is 32.4 Å². The number of nitrogens with one attached hydrogen (secondary N) is 2. The van der Waals surface area contributed by atoms with Gasteiger partial charge in [-0.2, -0.15) is 5.10 Å². The molecule has 132 valence electrons. The van der Waals surface area contributed by atoms with E-state index < -0.39 is 0 Å². The van der Waals surface area contributed by atoms with E-state index in [9.17, 15) is 14.4 Å². The Hall–Kier alpha value is -2.97. The molecule has 3 rings (SSSR count). The molecule has 9 nitrogen and oxygen atoms in total. The van der Waals surface area contributed by atoms with Gasteiger partial charge in [0.25, 0.3) is 11.1 Å². The molecule has 0 saturated carbocycles. The van der Waals surface area contributed by atoms with Gasteiger partial charge in [-0.15, -0.1) is 0 Å². The maximum atomic E-state index is 12.1. The van der Waals surface area contributed by atoms with Gasteiger partial charge in [-0.25, -0.2) is 9.67 Å². The van der Waals surface area contributed by atoms with Crippen LogP contribution in [0.3, 0.4) is 0 Å². The van der Waals surface area contributed by atoms with Gasteiger partial charge in [-0.1, -0.05) is 0 Å². The van der Waals surface area contributed by atoms with E-state index in [1.165, 1.54) is 24.4 Å². The number of carbonyl (C=O) groups is 1. The van der Waals surface area contributed by atoms with Crippen LogP contribution in [0.5, 0.6) is 0 Å². The fraction of sp³-hybridized carbons (Fsp3) is 0.438. The summed E-state index contributed by atoms with van der Waals surface area (Å²) in [4.78, 5) is 44.3. The minimum atomic E-state index is -0.304. The molecule has 0 aromatic carbocycles. The van der Waals surface area contributed by atoms with Crippen LogP contribution in [0.1, 0.15) is 18.5 Å². The first-order valence-corrected chi connectivity index (χ1v) is 8.16. The molecular formula is C16H20N6O3. The molecule has 1 amide bonds. The van der Waals surface area contributed by atoms with E-state index in [-0.39, 0.29) is 29.6 Å². The molecule has 0 unspecified atom stereocenters. The van der Waals surface area contributed by atoms with E-state index in [0.29, 0.717) is 24.7 Å². The summed E-state index contributed by atoms with van der Waals surface area (Å²) in [6, 6.07) is 4.39. The highest BCUT2D eigenvalue weighted by atomic mass is 16.2. The van der Waals surface area contributed by atoms with Gasteiger partial charge in [-0.3, -0.25) is 19.4 Å². The van der Waals surface area contributed by atoms with Gasteiger partial charge in [0, 0.05) is 43.2 Å². The van der Waals surface area contributed by atoms with Crippen LogP contribution < -0.4 is 21.3 Å². The lowest BCUT2D eigenvalue weighted by Gasteiger charge is -2.32. The summed E-state index contributed by atoms with van der Waals surface area (Å²) in [6.07, 6.45) is 2.95. The first-order chi connectivity index (χ1) is 12.0. The molecule has 9 heteroatoms. The van der Waals surface area contributed by atoms with Crippen LogP contribution in [0.4, 0.5) is 5.95 Å². The van der Waals surface area contributed by atoms with E-state index >= 15 is 0 Å². The standard InChI is InChI=1S/C16H20N6O3/c1-11-9-13(23)20-16(18-11)21-7-4-12(5-8-21)19-14(24)10-22-15(25)3-2-6-17-22/h2-3,6,9,12H,4-5,7-8,10H2,1H3,(H,19,24)(H,18,20,23). The lowest BCUT2D eigenvalue weighted by Crippen LogP contribution is -2.46. The van der Waals surface area contributed by atoms with Crippen LogP contribution in [0, 0.1) is 6.92 Å². The molecule has 2 aromatic heterocycles. The number of carbonyl (C=O) groups excluding carboxylic acids is 1. The lowest BCUT2D eigenvalue weighted by molar-refractivity contribution is -0.122. The highest BCUT2D eigenvalue weighted by molar-refractivity contribution is 5.75. The van der Waals surface area contributed by atoms with E-state index in [4.69, 9.17) is 0 Å². The van der Waals surface area contributed by atoms with E-state index in [2.05, 4.69) is 20.4 Å². The number of nitrogens with zero attached hydrogens (tertiary/aromatic N) is 4. The number of amides is 1. The van der Waals surface area contributed by atoms with Crippen molar-refractivity contribution < 1.29 is 4.79 Å². The van der Waals surface area contributed by atoms with Crippen molar-refractivity contribution in [3.05, 3.63) is 50.8 Å². The SMILES string of the molecule is Cc1cc(=O)[nH]c(N2CCC(NC(=O)Cn3ncccc3=O)CC2)n1. The Kier molecular flexibility index (Phi) is 4.92. The summed E-state index contributed by atoms with van der Waals surface area (Å²) >= 11 is 0. The number of piperidine rings is 1. The largest absolute Gasteiger partial charge is 0.352 e. The molecular weight excluding hydrogens is 324 g/mol. The predicted molar refractivity (Wildman–Crippen MR) is 91.5 cm³/mol. The second-order valence-electron chi connectivity index (χ2n) is 6.06. The summed E-state index contributed by atoms with van der Waals surface area (Å²) in [5.41, 5.74) is 0.204. The van der Waals surface area contributed by atoms with Gasteiger partial charge in [0.1, 0.15) is 6.54 Å². The first kappa shape index (κ1) is 16.9. The number of rotatable bonds is 4. The maximum Gasteiger partial charge on any atom is 0.267 e. The number of hydrogen-bond acceptors (Lipinski definition) is 6. The topological polar surface area (TPSA) is 113 Å². The van der Waals surface area contributed by atoms with Crippen molar-refractivity contribution in [2.24, 2.45) is 0 Å². The Balaban J connectivity index is 1.54. The molecule has 1 fully saturated rings. The minimum absolute atomic E-state index is 0.0275. The highest BCUT2D eigenvalue weighted by Crippen LogP contribution is 2.15. The van der Waals surface area contributed by atoms with Crippen LogP contribution in [0.15, 0.2) is 34.0 Å². The van der Waals surface area contributed by atoms with Gasteiger partial charge in [0.2, 0.25) is 11.9 Å². The summed E-state index contributed by atoms with van der Waals surface area (Å²) in [5, 5.41) is 6.80. The number of aromatic nitrogens is 4.